The Hall–Kier alpha value is -7.48. The monoisotopic (exact) mass is 791 g/mol. The lowest BCUT2D eigenvalue weighted by atomic mass is 9.81. The van der Waals surface area contributed by atoms with Gasteiger partial charge in [0.1, 0.15) is 0 Å². The molecule has 0 aromatic heterocycles. The Kier molecular flexibility index (Phi) is 8.40. The van der Waals surface area contributed by atoms with Crippen molar-refractivity contribution in [1.29, 1.82) is 0 Å². The highest BCUT2D eigenvalue weighted by Crippen LogP contribution is 2.50. The molecule has 0 fully saturated rings. The second-order valence-corrected chi connectivity index (χ2v) is 17.7. The normalized spacial score (nSPS) is 13.3. The van der Waals surface area contributed by atoms with Gasteiger partial charge >= 0.3 is 0 Å². The molecule has 0 heterocycles. The van der Waals surface area contributed by atoms with E-state index in [1.807, 2.05) is 0 Å². The van der Waals surface area contributed by atoms with Crippen molar-refractivity contribution in [2.24, 2.45) is 0 Å². The smallest absolute Gasteiger partial charge is 0.0540 e. The van der Waals surface area contributed by atoms with E-state index in [4.69, 9.17) is 0 Å². The first-order valence-electron chi connectivity index (χ1n) is 21.9. The molecule has 2 aliphatic carbocycles. The fourth-order valence-electron chi connectivity index (χ4n) is 10.7. The first kappa shape index (κ1) is 36.4. The Morgan fingerprint density at radius 2 is 0.903 bits per heavy atom. The summed E-state index contributed by atoms with van der Waals surface area (Å²) >= 11 is 0. The van der Waals surface area contributed by atoms with Crippen LogP contribution in [0.5, 0.6) is 0 Å². The number of hydrogen-bond donors (Lipinski definition) is 0. The summed E-state index contributed by atoms with van der Waals surface area (Å²) in [5.41, 5.74) is 21.7. The van der Waals surface area contributed by atoms with Gasteiger partial charge in [-0.25, -0.2) is 0 Å². The lowest BCUT2D eigenvalue weighted by Crippen LogP contribution is -2.14. The highest BCUT2D eigenvalue weighted by atomic mass is 15.1. The van der Waals surface area contributed by atoms with E-state index in [9.17, 15) is 0 Å². The molecule has 1 nitrogen and oxygen atoms in total. The second-order valence-electron chi connectivity index (χ2n) is 17.7. The predicted octanol–water partition coefficient (Wildman–Crippen LogP) is 16.3. The average Bonchev–Trinajstić information content (AvgIpc) is 3.55. The van der Waals surface area contributed by atoms with Crippen LogP contribution in [0.25, 0.3) is 66.1 Å². The molecular weight excluding hydrogens is 747 g/mol. The number of fused-ring (bicyclic) bond motifs is 3. The predicted molar refractivity (Wildman–Crippen MR) is 262 cm³/mol. The summed E-state index contributed by atoms with van der Waals surface area (Å²) in [5.74, 6) is 0. The lowest BCUT2D eigenvalue weighted by Gasteiger charge is -2.29. The SMILES string of the molecule is CC1(C)c2ccccc2-c2ccc(-c3cccc(N(c4ccc(-c5cccc(-c6ccccc6)c5)cc4)c4ccc5c6c(cccc46)Cc4cccc6cccc(c46)C5)c3)cc21. The molecule has 0 radical (unpaired) electrons. The van der Waals surface area contributed by atoms with Crippen LogP contribution in [-0.4, -0.2) is 0 Å². The van der Waals surface area contributed by atoms with E-state index in [2.05, 4.69) is 231 Å². The summed E-state index contributed by atoms with van der Waals surface area (Å²) in [6.45, 7) is 4.73. The number of benzene rings is 10. The first-order chi connectivity index (χ1) is 30.5. The van der Waals surface area contributed by atoms with Crippen molar-refractivity contribution >= 4 is 38.6 Å². The van der Waals surface area contributed by atoms with Gasteiger partial charge in [0, 0.05) is 22.2 Å². The fourth-order valence-corrected chi connectivity index (χ4v) is 10.7. The molecule has 0 spiro atoms. The maximum atomic E-state index is 2.48. The summed E-state index contributed by atoms with van der Waals surface area (Å²) < 4.78 is 0. The second kappa shape index (κ2) is 14.3. The van der Waals surface area contributed by atoms with Gasteiger partial charge in [0.05, 0.1) is 5.69 Å². The summed E-state index contributed by atoms with van der Waals surface area (Å²) in [5, 5.41) is 5.37. The molecule has 0 unspecified atom stereocenters. The molecule has 0 amide bonds. The molecule has 0 saturated heterocycles. The van der Waals surface area contributed by atoms with Crippen molar-refractivity contribution < 1.29 is 0 Å². The molecular formula is C61H45N. The van der Waals surface area contributed by atoms with Crippen molar-refractivity contribution in [3.8, 4) is 44.5 Å². The molecule has 10 aromatic rings. The number of hydrogen-bond acceptors (Lipinski definition) is 1. The third-order valence-electron chi connectivity index (χ3n) is 13.7. The maximum Gasteiger partial charge on any atom is 0.0540 e. The van der Waals surface area contributed by atoms with Gasteiger partial charge in [-0.05, 0) is 149 Å². The van der Waals surface area contributed by atoms with Crippen LogP contribution in [-0.2, 0) is 18.3 Å². The average molecular weight is 792 g/mol. The molecule has 10 aromatic carbocycles. The first-order valence-corrected chi connectivity index (χ1v) is 21.9. The molecule has 0 saturated carbocycles. The molecule has 12 rings (SSSR count). The Balaban J connectivity index is 1.01. The van der Waals surface area contributed by atoms with Crippen LogP contribution in [0.15, 0.2) is 212 Å². The van der Waals surface area contributed by atoms with E-state index < -0.39 is 0 Å². The van der Waals surface area contributed by atoms with Gasteiger partial charge in [-0.3, -0.25) is 0 Å². The van der Waals surface area contributed by atoms with Crippen molar-refractivity contribution in [3.05, 3.63) is 246 Å². The summed E-state index contributed by atoms with van der Waals surface area (Å²) in [7, 11) is 0. The third-order valence-corrected chi connectivity index (χ3v) is 13.7. The van der Waals surface area contributed by atoms with Crippen LogP contribution in [0, 0.1) is 0 Å². The van der Waals surface area contributed by atoms with Crippen LogP contribution in [0.1, 0.15) is 47.2 Å². The van der Waals surface area contributed by atoms with Crippen molar-refractivity contribution in [1.82, 2.24) is 0 Å². The van der Waals surface area contributed by atoms with Gasteiger partial charge in [-0.2, -0.15) is 0 Å². The van der Waals surface area contributed by atoms with Crippen LogP contribution in [0.4, 0.5) is 17.1 Å². The van der Waals surface area contributed by atoms with Crippen LogP contribution in [0.2, 0.25) is 0 Å². The van der Waals surface area contributed by atoms with E-state index in [1.165, 1.54) is 105 Å². The van der Waals surface area contributed by atoms with Crippen molar-refractivity contribution in [2.75, 3.05) is 4.90 Å². The summed E-state index contributed by atoms with van der Waals surface area (Å²) in [6.07, 6.45) is 1.79. The van der Waals surface area contributed by atoms with E-state index in [0.29, 0.717) is 0 Å². The maximum absolute atomic E-state index is 2.48. The fraction of sp³-hybridized carbons (Fsp3) is 0.0820. The largest absolute Gasteiger partial charge is 0.310 e. The highest BCUT2D eigenvalue weighted by Gasteiger charge is 2.35. The van der Waals surface area contributed by atoms with Crippen LogP contribution in [0.3, 0.4) is 0 Å². The zero-order valence-corrected chi connectivity index (χ0v) is 35.1. The highest BCUT2D eigenvalue weighted by molar-refractivity contribution is 6.04. The van der Waals surface area contributed by atoms with Crippen molar-refractivity contribution in [3.63, 3.8) is 0 Å². The standard InChI is InChI=1S/C61H45N/c1-61(2)56-26-7-6-24-53(56)54-33-29-46(39-57(54)61)45-19-11-23-52(38-45)62(51-31-27-41(28-32-51)44-18-10-17-43(35-44)40-13-4-3-5-14-40)58-34-30-50-37-48-21-9-16-42-15-8-20-47(59(42)48)36-49-22-12-25-55(58)60(49)50/h3-35,38-39H,36-37H2,1-2H3. The van der Waals surface area contributed by atoms with Crippen LogP contribution < -0.4 is 4.90 Å². The van der Waals surface area contributed by atoms with Gasteiger partial charge in [-0.1, -0.05) is 184 Å². The Bertz CT molecular complexity index is 3320. The lowest BCUT2D eigenvalue weighted by molar-refractivity contribution is 0.660. The molecule has 62 heavy (non-hydrogen) atoms. The summed E-state index contributed by atoms with van der Waals surface area (Å²) in [4.78, 5) is 2.48. The van der Waals surface area contributed by atoms with E-state index >= 15 is 0 Å². The minimum Gasteiger partial charge on any atom is -0.310 e. The van der Waals surface area contributed by atoms with Gasteiger partial charge in [0.2, 0.25) is 0 Å². The number of rotatable bonds is 6. The molecule has 0 N–H and O–H groups in total. The Morgan fingerprint density at radius 3 is 1.66 bits per heavy atom. The molecule has 0 bridgehead atoms. The molecule has 294 valence electrons. The van der Waals surface area contributed by atoms with Gasteiger partial charge in [0.15, 0.2) is 0 Å². The Morgan fingerprint density at radius 1 is 0.355 bits per heavy atom. The van der Waals surface area contributed by atoms with Crippen molar-refractivity contribution in [2.45, 2.75) is 32.1 Å². The van der Waals surface area contributed by atoms with Crippen LogP contribution >= 0.6 is 0 Å². The zero-order chi connectivity index (χ0) is 41.4. The number of anilines is 3. The van der Waals surface area contributed by atoms with Gasteiger partial charge in [0.25, 0.3) is 0 Å². The summed E-state index contributed by atoms with van der Waals surface area (Å²) in [6, 6.07) is 79.2. The molecule has 1 heteroatoms. The minimum absolute atomic E-state index is 0.0685. The van der Waals surface area contributed by atoms with Gasteiger partial charge in [-0.15, -0.1) is 0 Å². The molecule has 0 aliphatic heterocycles. The van der Waals surface area contributed by atoms with E-state index in [0.717, 1.165) is 24.2 Å². The zero-order valence-electron chi connectivity index (χ0n) is 35.1. The Labute approximate surface area is 364 Å². The molecule has 0 atom stereocenters. The topological polar surface area (TPSA) is 3.24 Å². The third kappa shape index (κ3) is 5.91. The van der Waals surface area contributed by atoms with E-state index in [-0.39, 0.29) is 5.41 Å². The number of nitrogens with zero attached hydrogens (tertiary/aromatic N) is 1. The molecule has 2 aliphatic rings. The minimum atomic E-state index is -0.0685. The van der Waals surface area contributed by atoms with E-state index in [1.54, 1.807) is 0 Å². The van der Waals surface area contributed by atoms with Gasteiger partial charge < -0.3 is 4.90 Å². The quantitative estimate of drug-likeness (QED) is 0.162.